The van der Waals surface area contributed by atoms with E-state index in [0.717, 1.165) is 12.3 Å². The van der Waals surface area contributed by atoms with Gasteiger partial charge in [0.1, 0.15) is 0 Å². The lowest BCUT2D eigenvalue weighted by Crippen LogP contribution is -2.39. The molecular weight excluding hydrogens is 242 g/mol. The van der Waals surface area contributed by atoms with E-state index in [-0.39, 0.29) is 0 Å². The average molecular weight is 265 g/mol. The lowest BCUT2D eigenvalue weighted by atomic mass is 10.1. The molecule has 0 heterocycles. The number of hydrogen-bond donors (Lipinski definition) is 5. The fourth-order valence-electron chi connectivity index (χ4n) is 0.866. The Labute approximate surface area is 106 Å². The molecule has 0 saturated heterocycles. The van der Waals surface area contributed by atoms with Crippen LogP contribution in [0.2, 0.25) is 0 Å². The zero-order valence-corrected chi connectivity index (χ0v) is 10.9. The number of rotatable bonds is 6. The van der Waals surface area contributed by atoms with Crippen molar-refractivity contribution in [3.63, 3.8) is 0 Å². The quantitative estimate of drug-likeness (QED) is 0.442. The third-order valence-corrected chi connectivity index (χ3v) is 2.00. The van der Waals surface area contributed by atoms with Gasteiger partial charge >= 0.3 is 11.9 Å². The molecule has 0 aromatic rings. The molecule has 3 atom stereocenters. The van der Waals surface area contributed by atoms with Gasteiger partial charge in [0.25, 0.3) is 0 Å². The van der Waals surface area contributed by atoms with E-state index < -0.39 is 24.1 Å². The molecule has 18 heavy (non-hydrogen) atoms. The Morgan fingerprint density at radius 2 is 1.28 bits per heavy atom. The van der Waals surface area contributed by atoms with E-state index in [4.69, 9.17) is 26.2 Å². The van der Waals surface area contributed by atoms with Crippen molar-refractivity contribution in [3.8, 4) is 0 Å². The number of carboxylic acid groups (broad SMARTS) is 2. The number of aliphatic carboxylic acids is 2. The summed E-state index contributed by atoms with van der Waals surface area (Å²) >= 11 is 0. The summed E-state index contributed by atoms with van der Waals surface area (Å²) in [5.41, 5.74) is 5.54. The maximum absolute atomic E-state index is 9.77. The van der Waals surface area contributed by atoms with Gasteiger partial charge in [0.05, 0.1) is 0 Å². The topological polar surface area (TPSA) is 141 Å². The normalized spacial score (nSPS) is 15.3. The van der Waals surface area contributed by atoms with Gasteiger partial charge in [0, 0.05) is 6.04 Å². The summed E-state index contributed by atoms with van der Waals surface area (Å²) in [6.45, 7) is 6.51. The van der Waals surface area contributed by atoms with Gasteiger partial charge in [0.2, 0.25) is 0 Å². The van der Waals surface area contributed by atoms with Gasteiger partial charge in [-0.25, -0.2) is 9.59 Å². The third-order valence-electron chi connectivity index (χ3n) is 2.00. The van der Waals surface area contributed by atoms with E-state index in [1.54, 1.807) is 0 Å². The second-order valence-corrected chi connectivity index (χ2v) is 4.51. The zero-order valence-electron chi connectivity index (χ0n) is 10.9. The van der Waals surface area contributed by atoms with Crippen LogP contribution in [0.15, 0.2) is 0 Å². The smallest absolute Gasteiger partial charge is 0.335 e. The largest absolute Gasteiger partial charge is 0.479 e. The highest BCUT2D eigenvalue weighted by molar-refractivity contribution is 5.83. The number of aliphatic hydroxyl groups excluding tert-OH is 2. The number of hydrogen-bond acceptors (Lipinski definition) is 5. The monoisotopic (exact) mass is 265 g/mol. The molecule has 0 rings (SSSR count). The van der Waals surface area contributed by atoms with Crippen molar-refractivity contribution >= 4 is 11.9 Å². The first-order chi connectivity index (χ1) is 8.09. The minimum absolute atomic E-state index is 0.386. The van der Waals surface area contributed by atoms with E-state index >= 15 is 0 Å². The second-order valence-electron chi connectivity index (χ2n) is 4.51. The Kier molecular flexibility index (Phi) is 10.4. The maximum Gasteiger partial charge on any atom is 0.335 e. The minimum atomic E-state index is -2.27. The van der Waals surface area contributed by atoms with Crippen molar-refractivity contribution in [2.45, 2.75) is 51.9 Å². The van der Waals surface area contributed by atoms with Gasteiger partial charge in [-0.2, -0.15) is 0 Å². The van der Waals surface area contributed by atoms with Crippen LogP contribution in [-0.2, 0) is 9.59 Å². The predicted octanol–water partition coefficient (Wildman–Crippen LogP) is -0.353. The highest BCUT2D eigenvalue weighted by Crippen LogP contribution is 2.04. The standard InChI is InChI=1S/C7H17N.C4H6O6/c1-6(2)4-5-7(3)8;5-1(3(7)8)2(6)4(9)10/h6-7H,4-5,8H2,1-3H3;1-2,5-6H,(H,7,8)(H,9,10). The molecule has 0 radical (unpaired) electrons. The molecule has 0 aliphatic rings. The van der Waals surface area contributed by atoms with Gasteiger partial charge < -0.3 is 26.2 Å². The van der Waals surface area contributed by atoms with Gasteiger partial charge in [-0.3, -0.25) is 0 Å². The Bertz CT molecular complexity index is 228. The Morgan fingerprint density at radius 3 is 1.39 bits per heavy atom. The number of carboxylic acids is 2. The molecule has 0 aliphatic carbocycles. The maximum atomic E-state index is 9.77. The molecule has 0 aromatic carbocycles. The highest BCUT2D eigenvalue weighted by atomic mass is 16.4. The van der Waals surface area contributed by atoms with Crippen molar-refractivity contribution in [2.24, 2.45) is 11.7 Å². The Hall–Kier alpha value is -1.18. The lowest BCUT2D eigenvalue weighted by molar-refractivity contribution is -0.165. The fourth-order valence-corrected chi connectivity index (χ4v) is 0.866. The van der Waals surface area contributed by atoms with Crippen LogP contribution in [0.3, 0.4) is 0 Å². The van der Waals surface area contributed by atoms with Crippen LogP contribution in [0.25, 0.3) is 0 Å². The second kappa shape index (κ2) is 9.81. The Balaban J connectivity index is 0. The number of aliphatic hydroxyl groups is 2. The molecule has 7 nitrogen and oxygen atoms in total. The molecule has 0 saturated carbocycles. The van der Waals surface area contributed by atoms with Crippen LogP contribution in [-0.4, -0.2) is 50.6 Å². The molecular formula is C11H23NO6. The Morgan fingerprint density at radius 1 is 0.944 bits per heavy atom. The highest BCUT2D eigenvalue weighted by Gasteiger charge is 2.29. The van der Waals surface area contributed by atoms with E-state index in [1.165, 1.54) is 6.42 Å². The first-order valence-corrected chi connectivity index (χ1v) is 5.66. The summed E-state index contributed by atoms with van der Waals surface area (Å²) in [5.74, 6) is -2.73. The van der Waals surface area contributed by atoms with Crippen LogP contribution < -0.4 is 5.73 Å². The molecule has 108 valence electrons. The van der Waals surface area contributed by atoms with E-state index in [9.17, 15) is 9.59 Å². The van der Waals surface area contributed by atoms with E-state index in [1.807, 2.05) is 0 Å². The van der Waals surface area contributed by atoms with Crippen molar-refractivity contribution in [1.82, 2.24) is 0 Å². The number of nitrogens with two attached hydrogens (primary N) is 1. The van der Waals surface area contributed by atoms with Crippen LogP contribution in [0.1, 0.15) is 33.6 Å². The fraction of sp³-hybridized carbons (Fsp3) is 0.818. The van der Waals surface area contributed by atoms with Crippen molar-refractivity contribution in [1.29, 1.82) is 0 Å². The summed E-state index contributed by atoms with van der Waals surface area (Å²) < 4.78 is 0. The zero-order chi connectivity index (χ0) is 14.9. The van der Waals surface area contributed by atoms with Gasteiger partial charge in [-0.1, -0.05) is 13.8 Å². The molecule has 0 bridgehead atoms. The summed E-state index contributed by atoms with van der Waals surface area (Å²) in [6, 6.07) is 0.386. The van der Waals surface area contributed by atoms with Crippen LogP contribution in [0, 0.1) is 5.92 Å². The average Bonchev–Trinajstić information content (AvgIpc) is 2.24. The third kappa shape index (κ3) is 11.3. The SMILES string of the molecule is CC(C)CCC(C)N.O=C(O)C(O)C(O)C(=O)O. The molecule has 3 unspecified atom stereocenters. The first-order valence-electron chi connectivity index (χ1n) is 5.66. The van der Waals surface area contributed by atoms with Crippen molar-refractivity contribution < 1.29 is 30.0 Å². The summed E-state index contributed by atoms with van der Waals surface area (Å²) in [4.78, 5) is 19.5. The molecule has 0 aromatic heterocycles. The van der Waals surface area contributed by atoms with Crippen LogP contribution in [0.5, 0.6) is 0 Å². The van der Waals surface area contributed by atoms with E-state index in [0.29, 0.717) is 6.04 Å². The molecule has 0 amide bonds. The minimum Gasteiger partial charge on any atom is -0.479 e. The lowest BCUT2D eigenvalue weighted by Gasteiger charge is -2.07. The molecule has 0 spiro atoms. The molecule has 0 aliphatic heterocycles. The van der Waals surface area contributed by atoms with Crippen LogP contribution >= 0.6 is 0 Å². The summed E-state index contributed by atoms with van der Waals surface area (Å²) in [5, 5.41) is 32.5. The predicted molar refractivity (Wildman–Crippen MR) is 65.0 cm³/mol. The first kappa shape index (κ1) is 19.2. The van der Waals surface area contributed by atoms with E-state index in [2.05, 4.69) is 20.8 Å². The molecule has 0 fully saturated rings. The van der Waals surface area contributed by atoms with Gasteiger partial charge in [-0.15, -0.1) is 0 Å². The number of carbonyl (C=O) groups is 2. The summed E-state index contributed by atoms with van der Waals surface area (Å²) in [7, 11) is 0. The molecule has 6 N–H and O–H groups in total. The molecule has 7 heteroatoms. The van der Waals surface area contributed by atoms with Crippen molar-refractivity contribution in [3.05, 3.63) is 0 Å². The van der Waals surface area contributed by atoms with Gasteiger partial charge in [-0.05, 0) is 25.7 Å². The van der Waals surface area contributed by atoms with Crippen molar-refractivity contribution in [2.75, 3.05) is 0 Å². The summed E-state index contributed by atoms with van der Waals surface area (Å²) in [6.07, 6.45) is -2.11. The van der Waals surface area contributed by atoms with Gasteiger partial charge in [0.15, 0.2) is 12.2 Å². The van der Waals surface area contributed by atoms with Crippen LogP contribution in [0.4, 0.5) is 0 Å².